The van der Waals surface area contributed by atoms with Crippen molar-refractivity contribution in [1.29, 1.82) is 0 Å². The third-order valence-corrected chi connectivity index (χ3v) is 10.5. The van der Waals surface area contributed by atoms with Crippen LogP contribution in [0.2, 0.25) is 0 Å². The number of aromatic nitrogens is 6. The number of imidazole rings is 2. The van der Waals surface area contributed by atoms with E-state index in [4.69, 9.17) is 9.97 Å². The number of rotatable bonds is 9. The van der Waals surface area contributed by atoms with Crippen molar-refractivity contribution in [2.75, 3.05) is 9.80 Å². The molecule has 0 unspecified atom stereocenters. The first kappa shape index (κ1) is 34.6. The topological polar surface area (TPSA) is 49.9 Å². The molecule has 0 atom stereocenters. The summed E-state index contributed by atoms with van der Waals surface area (Å²) in [5.74, 6) is 0. The molecule has 278 valence electrons. The summed E-state index contributed by atoms with van der Waals surface area (Å²) >= 11 is 0. The summed E-state index contributed by atoms with van der Waals surface area (Å²) in [7, 11) is 4.06. The van der Waals surface area contributed by atoms with E-state index in [9.17, 15) is 0 Å². The van der Waals surface area contributed by atoms with Crippen molar-refractivity contribution in [3.63, 3.8) is 0 Å². The van der Waals surface area contributed by atoms with Crippen LogP contribution in [0.1, 0.15) is 0 Å². The Morgan fingerprint density at radius 2 is 0.776 bits per heavy atom. The second-order valence-electron chi connectivity index (χ2n) is 14.1. The first-order valence-corrected chi connectivity index (χ1v) is 19.2. The number of nitrogens with zero attached hydrogens (tertiary/aromatic N) is 8. The zero-order valence-electron chi connectivity index (χ0n) is 32.1. The smallest absolute Gasteiger partial charge is 0.244 e. The van der Waals surface area contributed by atoms with Crippen molar-refractivity contribution in [3.05, 3.63) is 207 Å². The number of para-hydroxylation sites is 6. The van der Waals surface area contributed by atoms with E-state index in [0.29, 0.717) is 0 Å². The highest BCUT2D eigenvalue weighted by Crippen LogP contribution is 2.39. The molecule has 6 aromatic carbocycles. The van der Waals surface area contributed by atoms with Gasteiger partial charge in [0.1, 0.15) is 0 Å². The molecular formula is C50H38N8. The third-order valence-electron chi connectivity index (χ3n) is 10.5. The molecule has 0 spiro atoms. The first-order valence-electron chi connectivity index (χ1n) is 19.2. The zero-order valence-corrected chi connectivity index (χ0v) is 32.1. The molecule has 4 heterocycles. The van der Waals surface area contributed by atoms with Crippen LogP contribution in [-0.2, 0) is 14.1 Å². The molecular weight excluding hydrogens is 713 g/mol. The van der Waals surface area contributed by atoms with Crippen LogP contribution in [0, 0.1) is 12.7 Å². The lowest BCUT2D eigenvalue weighted by molar-refractivity contribution is -0.573. The van der Waals surface area contributed by atoms with E-state index in [-0.39, 0.29) is 0 Å². The van der Waals surface area contributed by atoms with Gasteiger partial charge >= 0.3 is 0 Å². The number of fused-ring (bicyclic) bond motifs is 2. The van der Waals surface area contributed by atoms with Crippen molar-refractivity contribution in [2.45, 2.75) is 0 Å². The van der Waals surface area contributed by atoms with Crippen LogP contribution < -0.4 is 18.9 Å². The van der Waals surface area contributed by atoms with E-state index in [0.717, 1.165) is 79.0 Å². The van der Waals surface area contributed by atoms with Crippen LogP contribution in [0.4, 0.5) is 34.1 Å². The lowest BCUT2D eigenvalue weighted by Crippen LogP contribution is -2.29. The van der Waals surface area contributed by atoms with Gasteiger partial charge in [-0.25, -0.2) is 0 Å². The van der Waals surface area contributed by atoms with E-state index in [1.54, 1.807) is 0 Å². The summed E-state index contributed by atoms with van der Waals surface area (Å²) in [5, 5.41) is 0. The van der Waals surface area contributed by atoms with Gasteiger partial charge in [-0.2, -0.15) is 0 Å². The highest BCUT2D eigenvalue weighted by atomic mass is 15.2. The molecule has 58 heavy (non-hydrogen) atoms. The average Bonchev–Trinajstić information content (AvgIpc) is 3.81. The van der Waals surface area contributed by atoms with Crippen molar-refractivity contribution in [3.8, 4) is 22.8 Å². The molecule has 10 aromatic rings. The predicted molar refractivity (Wildman–Crippen MR) is 231 cm³/mol. The van der Waals surface area contributed by atoms with E-state index in [1.165, 1.54) is 0 Å². The molecule has 0 fully saturated rings. The first-order chi connectivity index (χ1) is 28.6. The highest BCUT2D eigenvalue weighted by Gasteiger charge is 2.18. The van der Waals surface area contributed by atoms with E-state index in [2.05, 4.69) is 189 Å². The molecule has 10 rings (SSSR count). The predicted octanol–water partition coefficient (Wildman–Crippen LogP) is 10.2. The molecule has 0 aliphatic rings. The van der Waals surface area contributed by atoms with E-state index >= 15 is 0 Å². The number of anilines is 6. The Hall–Kier alpha value is -7.84. The van der Waals surface area contributed by atoms with Crippen molar-refractivity contribution >= 4 is 56.2 Å². The van der Waals surface area contributed by atoms with Crippen LogP contribution in [0.5, 0.6) is 0 Å². The van der Waals surface area contributed by atoms with Gasteiger partial charge in [0.25, 0.3) is 0 Å². The number of pyridine rings is 2. The van der Waals surface area contributed by atoms with E-state index in [1.807, 2.05) is 59.9 Å². The summed E-state index contributed by atoms with van der Waals surface area (Å²) in [5.41, 5.74) is 14.0. The molecule has 8 nitrogen and oxygen atoms in total. The normalized spacial score (nSPS) is 11.3. The Morgan fingerprint density at radius 1 is 0.397 bits per heavy atom. The number of benzene rings is 6. The second-order valence-corrected chi connectivity index (χ2v) is 14.1. The molecule has 0 N–H and O–H groups in total. The van der Waals surface area contributed by atoms with Gasteiger partial charge < -0.3 is 28.1 Å². The maximum atomic E-state index is 4.88. The minimum Gasteiger partial charge on any atom is -0.319 e. The van der Waals surface area contributed by atoms with Crippen LogP contribution in [0.25, 0.3) is 44.8 Å². The molecule has 0 amide bonds. The van der Waals surface area contributed by atoms with Crippen molar-refractivity contribution in [2.24, 2.45) is 14.1 Å². The van der Waals surface area contributed by atoms with Gasteiger partial charge in [-0.1, -0.05) is 109 Å². The fraction of sp³-hybridized carbons (Fsp3) is 0.0400. The molecule has 0 radical (unpaired) electrons. The summed E-state index contributed by atoms with van der Waals surface area (Å²) < 4.78 is 8.29. The van der Waals surface area contributed by atoms with Crippen LogP contribution >= 0.6 is 0 Å². The number of hydrogen-bond acceptors (Lipinski definition) is 4. The quantitative estimate of drug-likeness (QED) is 0.109. The van der Waals surface area contributed by atoms with Crippen LogP contribution in [0.15, 0.2) is 194 Å². The molecule has 0 aliphatic carbocycles. The second kappa shape index (κ2) is 14.7. The lowest BCUT2D eigenvalue weighted by Gasteiger charge is -2.27. The SMILES string of the molecule is Cn1[c-][n+](-c2cccc(N(c3ccccc3)c3ccnc(-c4cc(N(c5ccccc5)c5cccc(-[n+]6[c-]n(C)c7ccccc76)c5)ccn4)c3)c2)c2ccccc21. The summed E-state index contributed by atoms with van der Waals surface area (Å²) in [4.78, 5) is 14.3. The van der Waals surface area contributed by atoms with Gasteiger partial charge in [0, 0.05) is 46.5 Å². The van der Waals surface area contributed by atoms with Gasteiger partial charge in [-0.15, -0.1) is 0 Å². The minimum atomic E-state index is 0.760. The van der Waals surface area contributed by atoms with Gasteiger partial charge in [-0.05, 0) is 72.8 Å². The fourth-order valence-electron chi connectivity index (χ4n) is 7.77. The average molecular weight is 751 g/mol. The van der Waals surface area contributed by atoms with Gasteiger partial charge in [-0.3, -0.25) is 9.97 Å². The standard InChI is InChI=1S/C50H38N8/c1-53-35-55(49-25-11-9-23-47(49)53)39-19-13-21-41(31-39)57(37-15-5-3-6-16-37)43-27-29-51-45(33-43)46-34-44(28-30-52-46)58(38-17-7-4-8-18-38)42-22-14-20-40(32-42)56-36-54(2)48-24-10-12-26-50(48)56/h3-34H,1-2H3. The van der Waals surface area contributed by atoms with E-state index < -0.39 is 0 Å². The molecule has 8 heteroatoms. The van der Waals surface area contributed by atoms with Crippen LogP contribution in [-0.4, -0.2) is 19.1 Å². The van der Waals surface area contributed by atoms with Crippen molar-refractivity contribution in [1.82, 2.24) is 19.1 Å². The monoisotopic (exact) mass is 750 g/mol. The molecule has 0 aliphatic heterocycles. The molecule has 0 saturated heterocycles. The number of hydrogen-bond donors (Lipinski definition) is 0. The lowest BCUT2D eigenvalue weighted by atomic mass is 10.1. The number of aryl methyl sites for hydroxylation is 2. The van der Waals surface area contributed by atoms with Gasteiger partial charge in [0.2, 0.25) is 12.7 Å². The maximum Gasteiger partial charge on any atom is 0.244 e. The molecule has 0 bridgehead atoms. The summed E-state index contributed by atoms with van der Waals surface area (Å²) in [6.45, 7) is 0. The Bertz CT molecular complexity index is 2850. The van der Waals surface area contributed by atoms with Gasteiger partial charge in [0.05, 0.1) is 58.9 Å². The Morgan fingerprint density at radius 3 is 1.22 bits per heavy atom. The molecule has 0 saturated carbocycles. The highest BCUT2D eigenvalue weighted by molar-refractivity contribution is 5.82. The Balaban J connectivity index is 1.05. The van der Waals surface area contributed by atoms with Crippen molar-refractivity contribution < 1.29 is 9.13 Å². The van der Waals surface area contributed by atoms with Crippen LogP contribution in [0.3, 0.4) is 0 Å². The Labute approximate surface area is 337 Å². The summed E-state index contributed by atoms with van der Waals surface area (Å²) in [6.07, 6.45) is 10.7. The van der Waals surface area contributed by atoms with Gasteiger partial charge in [0.15, 0.2) is 0 Å². The largest absolute Gasteiger partial charge is 0.319 e. The maximum absolute atomic E-state index is 4.88. The fourth-order valence-corrected chi connectivity index (χ4v) is 7.77. The summed E-state index contributed by atoms with van der Waals surface area (Å²) in [6, 6.07) is 63.0. The Kier molecular flexibility index (Phi) is 8.76. The molecule has 4 aromatic heterocycles. The third kappa shape index (κ3) is 6.32. The minimum absolute atomic E-state index is 0.760. The zero-order chi connectivity index (χ0) is 39.0.